The maximum atomic E-state index is 14.7. The van der Waals surface area contributed by atoms with Crippen LogP contribution in [0.4, 0.5) is 20.4 Å². The third-order valence-electron chi connectivity index (χ3n) is 5.96. The van der Waals surface area contributed by atoms with E-state index in [9.17, 15) is 13.6 Å². The first-order chi connectivity index (χ1) is 17.7. The summed E-state index contributed by atoms with van der Waals surface area (Å²) >= 11 is 0. The summed E-state index contributed by atoms with van der Waals surface area (Å²) in [7, 11) is 1.61. The van der Waals surface area contributed by atoms with Crippen LogP contribution in [0, 0.1) is 11.6 Å². The number of benzene rings is 2. The lowest BCUT2D eigenvalue weighted by Gasteiger charge is -2.22. The predicted molar refractivity (Wildman–Crippen MR) is 132 cm³/mol. The summed E-state index contributed by atoms with van der Waals surface area (Å²) in [5.74, 6) is -2.49. The molecule has 0 saturated heterocycles. The Hall–Kier alpha value is -3.57. The average Bonchev–Trinajstić information content (AvgIpc) is 3.46. The molecule has 1 aliphatic heterocycles. The molecular weight excluding hydrogens is 486 g/mol. The van der Waals surface area contributed by atoms with Gasteiger partial charge in [-0.3, -0.25) is 9.69 Å². The monoisotopic (exact) mass is 516 g/mol. The highest BCUT2D eigenvalue weighted by molar-refractivity contribution is 5.68. The summed E-state index contributed by atoms with van der Waals surface area (Å²) in [5.41, 5.74) is 2.60. The van der Waals surface area contributed by atoms with Gasteiger partial charge in [0.25, 0.3) is 11.8 Å². The highest BCUT2D eigenvalue weighted by Gasteiger charge is 2.27. The Morgan fingerprint density at radius 3 is 2.65 bits per heavy atom. The van der Waals surface area contributed by atoms with Crippen LogP contribution in [0.3, 0.4) is 0 Å². The van der Waals surface area contributed by atoms with E-state index < -0.39 is 23.2 Å². The maximum absolute atomic E-state index is 14.7. The lowest BCUT2D eigenvalue weighted by molar-refractivity contribution is -0.137. The van der Waals surface area contributed by atoms with Crippen LogP contribution in [0.1, 0.15) is 31.4 Å². The van der Waals surface area contributed by atoms with Crippen molar-refractivity contribution >= 4 is 17.6 Å². The van der Waals surface area contributed by atoms with E-state index in [0.29, 0.717) is 32.8 Å². The number of carboxylic acids is 1. The fraction of sp³-hybridized carbons (Fsp3) is 0.423. The van der Waals surface area contributed by atoms with Crippen molar-refractivity contribution in [3.63, 3.8) is 0 Å². The van der Waals surface area contributed by atoms with Crippen LogP contribution >= 0.6 is 0 Å². The molecule has 0 radical (unpaired) electrons. The molecule has 11 heteroatoms. The van der Waals surface area contributed by atoms with Gasteiger partial charge in [0.05, 0.1) is 19.1 Å². The molecule has 1 aliphatic rings. The first-order valence-corrected chi connectivity index (χ1v) is 12.1. The first-order valence-electron chi connectivity index (χ1n) is 12.1. The van der Waals surface area contributed by atoms with Crippen molar-refractivity contribution in [3.8, 4) is 17.2 Å². The molecule has 0 atom stereocenters. The minimum Gasteiger partial charge on any atom is -0.491 e. The molecule has 2 aromatic carbocycles. The van der Waals surface area contributed by atoms with Crippen LogP contribution in [0.2, 0.25) is 0 Å². The molecule has 9 nitrogen and oxygen atoms in total. The lowest BCUT2D eigenvalue weighted by Crippen LogP contribution is -2.29. The normalized spacial score (nSPS) is 13.0. The van der Waals surface area contributed by atoms with Crippen molar-refractivity contribution in [3.05, 3.63) is 53.1 Å². The van der Waals surface area contributed by atoms with E-state index in [2.05, 4.69) is 16.2 Å². The quantitative estimate of drug-likeness (QED) is 0.375. The van der Waals surface area contributed by atoms with Crippen LogP contribution in [-0.2, 0) is 22.5 Å². The number of fused-ring (bicyclic) bond motifs is 1. The minimum absolute atomic E-state index is 0.0528. The number of carboxylic acid groups (broad SMARTS) is 1. The molecule has 1 N–H and O–H groups in total. The Kier molecular flexibility index (Phi) is 8.34. The second-order valence-corrected chi connectivity index (χ2v) is 9.11. The van der Waals surface area contributed by atoms with Gasteiger partial charge in [-0.05, 0) is 42.6 Å². The molecule has 0 aliphatic carbocycles. The summed E-state index contributed by atoms with van der Waals surface area (Å²) in [4.78, 5) is 19.2. The number of nitrogens with zero attached hydrogens (tertiary/aromatic N) is 4. The number of aromatic nitrogens is 2. The number of methoxy groups -OCH3 is 1. The van der Waals surface area contributed by atoms with Gasteiger partial charge in [0.1, 0.15) is 22.9 Å². The number of hydrogen-bond donors (Lipinski definition) is 1. The van der Waals surface area contributed by atoms with Gasteiger partial charge >= 0.3 is 5.97 Å². The van der Waals surface area contributed by atoms with Crippen molar-refractivity contribution < 1.29 is 32.7 Å². The van der Waals surface area contributed by atoms with Gasteiger partial charge in [0.15, 0.2) is 0 Å². The van der Waals surface area contributed by atoms with Gasteiger partial charge < -0.3 is 24.0 Å². The van der Waals surface area contributed by atoms with Gasteiger partial charge in [-0.25, -0.2) is 8.78 Å². The molecule has 0 bridgehead atoms. The predicted octanol–water partition coefficient (Wildman–Crippen LogP) is 4.42. The Balaban J connectivity index is 1.50. The third kappa shape index (κ3) is 6.41. The second kappa shape index (κ2) is 11.7. The van der Waals surface area contributed by atoms with Gasteiger partial charge in [0, 0.05) is 51.1 Å². The zero-order valence-corrected chi connectivity index (χ0v) is 21.0. The fourth-order valence-electron chi connectivity index (χ4n) is 4.28. The Morgan fingerprint density at radius 2 is 1.97 bits per heavy atom. The smallest absolute Gasteiger partial charge is 0.304 e. The molecule has 2 heterocycles. The minimum atomic E-state index is -0.849. The lowest BCUT2D eigenvalue weighted by atomic mass is 10.1. The summed E-state index contributed by atoms with van der Waals surface area (Å²) < 4.78 is 45.1. The third-order valence-corrected chi connectivity index (χ3v) is 5.96. The van der Waals surface area contributed by atoms with Crippen molar-refractivity contribution in [2.24, 2.45) is 0 Å². The number of halogens is 2. The first kappa shape index (κ1) is 26.5. The Bertz CT molecular complexity index is 1230. The summed E-state index contributed by atoms with van der Waals surface area (Å²) in [5, 5.41) is 13.0. The van der Waals surface area contributed by atoms with E-state index in [1.165, 1.54) is 0 Å². The Morgan fingerprint density at radius 1 is 1.22 bits per heavy atom. The molecule has 198 valence electrons. The van der Waals surface area contributed by atoms with E-state index in [0.717, 1.165) is 35.4 Å². The molecule has 1 aromatic heterocycles. The molecule has 0 spiro atoms. The summed E-state index contributed by atoms with van der Waals surface area (Å²) in [6.07, 6.45) is 0.551. The van der Waals surface area contributed by atoms with E-state index >= 15 is 0 Å². The van der Waals surface area contributed by atoms with Crippen LogP contribution < -0.4 is 9.64 Å². The number of ether oxygens (including phenoxy) is 2. The molecule has 0 saturated carbocycles. The zero-order valence-electron chi connectivity index (χ0n) is 21.0. The second-order valence-electron chi connectivity index (χ2n) is 9.11. The fourth-order valence-corrected chi connectivity index (χ4v) is 4.28. The molecule has 37 heavy (non-hydrogen) atoms. The Labute approximate surface area is 213 Å². The van der Waals surface area contributed by atoms with Crippen molar-refractivity contribution in [2.75, 3.05) is 38.3 Å². The van der Waals surface area contributed by atoms with Crippen LogP contribution in [0.15, 0.2) is 34.9 Å². The van der Waals surface area contributed by atoms with Gasteiger partial charge in [-0.15, -0.1) is 0 Å². The highest BCUT2D eigenvalue weighted by atomic mass is 19.1. The van der Waals surface area contributed by atoms with E-state index in [1.54, 1.807) is 21.0 Å². The van der Waals surface area contributed by atoms with E-state index in [1.807, 2.05) is 21.9 Å². The number of hydrogen-bond acceptors (Lipinski definition) is 8. The van der Waals surface area contributed by atoms with Crippen LogP contribution in [-0.4, -0.2) is 65.6 Å². The molecule has 0 unspecified atom stereocenters. The van der Waals surface area contributed by atoms with Crippen molar-refractivity contribution in [1.82, 2.24) is 15.0 Å². The summed E-state index contributed by atoms with van der Waals surface area (Å²) in [6.45, 7) is 6.25. The molecule has 0 amide bonds. The number of anilines is 2. The van der Waals surface area contributed by atoms with Crippen LogP contribution in [0.5, 0.6) is 5.75 Å². The number of rotatable bonds is 12. The summed E-state index contributed by atoms with van der Waals surface area (Å²) in [6, 6.07) is 8.18. The average molecular weight is 517 g/mol. The van der Waals surface area contributed by atoms with Gasteiger partial charge in [0.2, 0.25) is 0 Å². The van der Waals surface area contributed by atoms with Gasteiger partial charge in [-0.1, -0.05) is 12.1 Å². The largest absolute Gasteiger partial charge is 0.491 e. The van der Waals surface area contributed by atoms with Crippen molar-refractivity contribution in [2.45, 2.75) is 39.3 Å². The van der Waals surface area contributed by atoms with Crippen LogP contribution in [0.25, 0.3) is 11.5 Å². The number of carbonyl (C=O) groups is 1. The van der Waals surface area contributed by atoms with Crippen molar-refractivity contribution in [1.29, 1.82) is 0 Å². The van der Waals surface area contributed by atoms with Gasteiger partial charge in [-0.2, -0.15) is 4.98 Å². The highest BCUT2D eigenvalue weighted by Crippen LogP contribution is 2.36. The molecular formula is C26H30F2N4O5. The van der Waals surface area contributed by atoms with E-state index in [4.69, 9.17) is 19.1 Å². The zero-order chi connectivity index (χ0) is 26.5. The molecule has 4 rings (SSSR count). The standard InChI is InChI=1S/C26H30F2N4O5/c1-16(2)36-19-13-20(27)24(21(28)14-19)25-29-26(30-37-25)32-9-6-18-12-17(4-5-22(18)32)15-31(10-11-35-3)8-7-23(33)34/h4-5,12-14,16H,6-11,15H2,1-3H3,(H,33,34). The maximum Gasteiger partial charge on any atom is 0.304 e. The topological polar surface area (TPSA) is 101 Å². The molecule has 3 aromatic rings. The number of aliphatic carboxylic acids is 1. The molecule has 0 fully saturated rings. The SMILES string of the molecule is COCCN(CCC(=O)O)Cc1ccc2c(c1)CCN2c1noc(-c2c(F)cc(OC(C)C)cc2F)n1. The van der Waals surface area contributed by atoms with E-state index in [-0.39, 0.29) is 30.1 Å².